The highest BCUT2D eigenvalue weighted by Crippen LogP contribution is 2.24. The third-order valence-electron chi connectivity index (χ3n) is 3.82. The normalized spacial score (nSPS) is 17.7. The van der Waals surface area contributed by atoms with Crippen molar-refractivity contribution in [3.63, 3.8) is 0 Å². The standard InChI is InChI=1S/C15H18IN3O4/c1-2-17-14(20)10-4-3-7-18(9-10)15(21)12-8-11(19(22)23)5-6-13(12)16/h5-6,8,10H,2-4,7,9H2,1H3,(H,17,20). The molecule has 1 unspecified atom stereocenters. The Morgan fingerprint density at radius 1 is 1.48 bits per heavy atom. The van der Waals surface area contributed by atoms with Gasteiger partial charge in [0.05, 0.1) is 16.4 Å². The molecule has 0 saturated carbocycles. The minimum atomic E-state index is -0.513. The fraction of sp³-hybridized carbons (Fsp3) is 0.467. The van der Waals surface area contributed by atoms with Crippen LogP contribution in [0.5, 0.6) is 0 Å². The third kappa shape index (κ3) is 4.18. The Kier molecular flexibility index (Phi) is 5.91. The van der Waals surface area contributed by atoms with E-state index >= 15 is 0 Å². The molecule has 0 radical (unpaired) electrons. The average molecular weight is 431 g/mol. The molecule has 7 nitrogen and oxygen atoms in total. The number of nitro benzene ring substituents is 1. The summed E-state index contributed by atoms with van der Waals surface area (Å²) in [5, 5.41) is 13.7. The number of amides is 2. The predicted molar refractivity (Wildman–Crippen MR) is 93.1 cm³/mol. The number of hydrogen-bond donors (Lipinski definition) is 1. The minimum Gasteiger partial charge on any atom is -0.356 e. The van der Waals surface area contributed by atoms with Gasteiger partial charge in [-0.25, -0.2) is 0 Å². The summed E-state index contributed by atoms with van der Waals surface area (Å²) in [6.45, 7) is 3.33. The van der Waals surface area contributed by atoms with Crippen LogP contribution in [0.25, 0.3) is 0 Å². The number of likely N-dealkylation sites (tertiary alicyclic amines) is 1. The number of hydrogen-bond acceptors (Lipinski definition) is 4. The largest absolute Gasteiger partial charge is 0.356 e. The molecular formula is C15H18IN3O4. The second-order valence-corrected chi connectivity index (χ2v) is 6.57. The van der Waals surface area contributed by atoms with E-state index in [1.165, 1.54) is 12.1 Å². The molecular weight excluding hydrogens is 413 g/mol. The molecule has 2 rings (SSSR count). The molecule has 1 N–H and O–H groups in total. The monoisotopic (exact) mass is 431 g/mol. The summed E-state index contributed by atoms with van der Waals surface area (Å²) < 4.78 is 0.665. The van der Waals surface area contributed by atoms with Gasteiger partial charge in [-0.1, -0.05) is 0 Å². The SMILES string of the molecule is CCNC(=O)C1CCCN(C(=O)c2cc([N+](=O)[O-])ccc2I)C1. The van der Waals surface area contributed by atoms with E-state index < -0.39 is 4.92 Å². The lowest BCUT2D eigenvalue weighted by atomic mass is 9.96. The number of carbonyl (C=O) groups excluding carboxylic acids is 2. The third-order valence-corrected chi connectivity index (χ3v) is 4.76. The summed E-state index contributed by atoms with van der Waals surface area (Å²) in [6, 6.07) is 4.25. The number of rotatable bonds is 4. The summed E-state index contributed by atoms with van der Waals surface area (Å²) in [7, 11) is 0. The first-order chi connectivity index (χ1) is 10.9. The highest BCUT2D eigenvalue weighted by molar-refractivity contribution is 14.1. The van der Waals surface area contributed by atoms with Crippen molar-refractivity contribution in [1.29, 1.82) is 0 Å². The number of carbonyl (C=O) groups is 2. The fourth-order valence-corrected chi connectivity index (χ4v) is 3.22. The Hall–Kier alpha value is -1.71. The van der Waals surface area contributed by atoms with E-state index in [9.17, 15) is 19.7 Å². The van der Waals surface area contributed by atoms with Gasteiger partial charge in [0.15, 0.2) is 0 Å². The van der Waals surface area contributed by atoms with Gasteiger partial charge in [-0.3, -0.25) is 19.7 Å². The molecule has 8 heteroatoms. The molecule has 0 spiro atoms. The molecule has 2 amide bonds. The average Bonchev–Trinajstić information content (AvgIpc) is 2.54. The van der Waals surface area contributed by atoms with E-state index in [1.54, 1.807) is 11.0 Å². The van der Waals surface area contributed by atoms with Crippen molar-refractivity contribution in [2.45, 2.75) is 19.8 Å². The molecule has 124 valence electrons. The number of nitrogens with zero attached hydrogens (tertiary/aromatic N) is 2. The van der Waals surface area contributed by atoms with Crippen molar-refractivity contribution in [2.75, 3.05) is 19.6 Å². The van der Waals surface area contributed by atoms with Crippen LogP contribution in [-0.4, -0.2) is 41.3 Å². The maximum atomic E-state index is 12.7. The number of non-ortho nitro benzene ring substituents is 1. The van der Waals surface area contributed by atoms with Crippen LogP contribution in [-0.2, 0) is 4.79 Å². The summed E-state index contributed by atoms with van der Waals surface area (Å²) >= 11 is 1.99. The smallest absolute Gasteiger partial charge is 0.270 e. The molecule has 1 aliphatic rings. The van der Waals surface area contributed by atoms with Crippen molar-refractivity contribution in [1.82, 2.24) is 10.2 Å². The first kappa shape index (κ1) is 17.6. The molecule has 1 atom stereocenters. The number of nitro groups is 1. The molecule has 1 aromatic rings. The highest BCUT2D eigenvalue weighted by Gasteiger charge is 2.29. The van der Waals surface area contributed by atoms with Crippen molar-refractivity contribution in [3.8, 4) is 0 Å². The van der Waals surface area contributed by atoms with Crippen molar-refractivity contribution < 1.29 is 14.5 Å². The Bertz CT molecular complexity index is 635. The van der Waals surface area contributed by atoms with Gasteiger partial charge in [0.1, 0.15) is 0 Å². The van der Waals surface area contributed by atoms with Gasteiger partial charge in [-0.05, 0) is 48.4 Å². The van der Waals surface area contributed by atoms with Crippen LogP contribution in [0.15, 0.2) is 18.2 Å². The molecule has 1 aromatic carbocycles. The van der Waals surface area contributed by atoms with E-state index in [-0.39, 0.29) is 23.4 Å². The summed E-state index contributed by atoms with van der Waals surface area (Å²) in [4.78, 5) is 36.7. The predicted octanol–water partition coefficient (Wildman–Crippen LogP) is 2.19. The maximum absolute atomic E-state index is 12.7. The summed E-state index contributed by atoms with van der Waals surface area (Å²) in [6.07, 6.45) is 1.50. The summed E-state index contributed by atoms with van der Waals surface area (Å²) in [5.41, 5.74) is 0.211. The quantitative estimate of drug-likeness (QED) is 0.450. The van der Waals surface area contributed by atoms with Gasteiger partial charge in [0, 0.05) is 35.3 Å². The van der Waals surface area contributed by atoms with E-state index in [0.29, 0.717) is 28.8 Å². The Balaban J connectivity index is 2.18. The minimum absolute atomic E-state index is 0.0428. The van der Waals surface area contributed by atoms with Crippen molar-refractivity contribution in [3.05, 3.63) is 37.4 Å². The van der Waals surface area contributed by atoms with Crippen LogP contribution in [0.4, 0.5) is 5.69 Å². The van der Waals surface area contributed by atoms with E-state index in [2.05, 4.69) is 5.32 Å². The lowest BCUT2D eigenvalue weighted by Crippen LogP contribution is -2.45. The number of piperidine rings is 1. The molecule has 1 saturated heterocycles. The molecule has 0 bridgehead atoms. The van der Waals surface area contributed by atoms with Crippen LogP contribution in [0.3, 0.4) is 0 Å². The van der Waals surface area contributed by atoms with Crippen LogP contribution < -0.4 is 5.32 Å². The highest BCUT2D eigenvalue weighted by atomic mass is 127. The number of halogens is 1. The summed E-state index contributed by atoms with van der Waals surface area (Å²) in [5.74, 6) is -0.519. The van der Waals surface area contributed by atoms with Crippen molar-refractivity contribution >= 4 is 40.1 Å². The maximum Gasteiger partial charge on any atom is 0.270 e. The van der Waals surface area contributed by atoms with Gasteiger partial charge in [-0.15, -0.1) is 0 Å². The Morgan fingerprint density at radius 2 is 2.22 bits per heavy atom. The first-order valence-electron chi connectivity index (χ1n) is 7.45. The zero-order chi connectivity index (χ0) is 17.0. The topological polar surface area (TPSA) is 92.6 Å². The van der Waals surface area contributed by atoms with Gasteiger partial charge < -0.3 is 10.2 Å². The Labute approximate surface area is 147 Å². The van der Waals surface area contributed by atoms with Crippen LogP contribution in [0, 0.1) is 19.6 Å². The number of benzene rings is 1. The molecule has 1 fully saturated rings. The molecule has 1 aliphatic heterocycles. The zero-order valence-corrected chi connectivity index (χ0v) is 14.9. The first-order valence-corrected chi connectivity index (χ1v) is 8.52. The molecule has 0 aliphatic carbocycles. The van der Waals surface area contributed by atoms with Gasteiger partial charge in [-0.2, -0.15) is 0 Å². The second-order valence-electron chi connectivity index (χ2n) is 5.41. The van der Waals surface area contributed by atoms with Crippen LogP contribution in [0.1, 0.15) is 30.1 Å². The lowest BCUT2D eigenvalue weighted by Gasteiger charge is -2.32. The second kappa shape index (κ2) is 7.71. The van der Waals surface area contributed by atoms with Crippen LogP contribution in [0.2, 0.25) is 0 Å². The molecule has 23 heavy (non-hydrogen) atoms. The number of nitrogens with one attached hydrogen (secondary N) is 1. The lowest BCUT2D eigenvalue weighted by molar-refractivity contribution is -0.384. The fourth-order valence-electron chi connectivity index (χ4n) is 2.66. The zero-order valence-electron chi connectivity index (χ0n) is 12.8. The molecule has 1 heterocycles. The van der Waals surface area contributed by atoms with Crippen molar-refractivity contribution in [2.24, 2.45) is 5.92 Å². The Morgan fingerprint density at radius 3 is 2.87 bits per heavy atom. The van der Waals surface area contributed by atoms with Gasteiger partial charge in [0.2, 0.25) is 5.91 Å². The van der Waals surface area contributed by atoms with E-state index in [1.807, 2.05) is 29.5 Å². The van der Waals surface area contributed by atoms with E-state index in [0.717, 1.165) is 12.8 Å². The van der Waals surface area contributed by atoms with E-state index in [4.69, 9.17) is 0 Å². The van der Waals surface area contributed by atoms with Gasteiger partial charge >= 0.3 is 0 Å². The van der Waals surface area contributed by atoms with Gasteiger partial charge in [0.25, 0.3) is 11.6 Å². The van der Waals surface area contributed by atoms with Crippen LogP contribution >= 0.6 is 22.6 Å². The molecule has 0 aromatic heterocycles.